The lowest BCUT2D eigenvalue weighted by Crippen LogP contribution is -2.39. The van der Waals surface area contributed by atoms with Crippen molar-refractivity contribution in [1.29, 1.82) is 0 Å². The highest BCUT2D eigenvalue weighted by Gasteiger charge is 2.25. The van der Waals surface area contributed by atoms with E-state index < -0.39 is 12.1 Å². The highest BCUT2D eigenvalue weighted by molar-refractivity contribution is 5.84. The monoisotopic (exact) mass is 381 g/mol. The minimum absolute atomic E-state index is 0.0747. The number of aldehydes is 1. The lowest BCUT2D eigenvalue weighted by atomic mass is 9.87. The normalized spacial score (nSPS) is 16.4. The Morgan fingerprint density at radius 1 is 1.18 bits per heavy atom. The fourth-order valence-electron chi connectivity index (χ4n) is 3.32. The number of benzene rings is 2. The van der Waals surface area contributed by atoms with Crippen molar-refractivity contribution in [2.45, 2.75) is 38.3 Å². The second-order valence-corrected chi connectivity index (χ2v) is 6.73. The second kappa shape index (κ2) is 9.17. The minimum atomic E-state index is -0.938. The predicted molar refractivity (Wildman–Crippen MR) is 103 cm³/mol. The van der Waals surface area contributed by atoms with Gasteiger partial charge in [0.15, 0.2) is 19.0 Å². The third kappa shape index (κ3) is 4.76. The van der Waals surface area contributed by atoms with Crippen LogP contribution in [0.3, 0.4) is 0 Å². The van der Waals surface area contributed by atoms with Crippen molar-refractivity contribution in [3.63, 3.8) is 0 Å². The first-order valence-corrected chi connectivity index (χ1v) is 9.33. The van der Waals surface area contributed by atoms with Crippen LogP contribution < -0.4 is 10.1 Å². The van der Waals surface area contributed by atoms with E-state index in [0.717, 1.165) is 24.8 Å². The minimum Gasteiger partial charge on any atom is -0.481 e. The second-order valence-electron chi connectivity index (χ2n) is 6.73. The molecule has 0 unspecified atom stereocenters. The number of para-hydroxylation sites is 1. The van der Waals surface area contributed by atoms with Crippen molar-refractivity contribution in [3.05, 3.63) is 65.2 Å². The van der Waals surface area contributed by atoms with Gasteiger partial charge >= 0.3 is 5.97 Å². The molecule has 0 aromatic heterocycles. The summed E-state index contributed by atoms with van der Waals surface area (Å²) >= 11 is 0. The van der Waals surface area contributed by atoms with Crippen LogP contribution in [0.25, 0.3) is 0 Å². The molecule has 0 saturated carbocycles. The number of aryl methyl sites for hydroxylation is 1. The summed E-state index contributed by atoms with van der Waals surface area (Å²) in [5.74, 6) is -0.721. The highest BCUT2D eigenvalue weighted by atomic mass is 16.6. The number of carbonyl (C=O) groups excluding carboxylic acids is 3. The van der Waals surface area contributed by atoms with E-state index in [1.54, 1.807) is 24.3 Å². The molecule has 2 aromatic rings. The maximum Gasteiger partial charge on any atom is 0.344 e. The number of hydrogen-bond acceptors (Lipinski definition) is 5. The van der Waals surface area contributed by atoms with Crippen LogP contribution in [0.1, 0.15) is 47.3 Å². The van der Waals surface area contributed by atoms with Crippen LogP contribution in [-0.2, 0) is 20.7 Å². The van der Waals surface area contributed by atoms with E-state index in [2.05, 4.69) is 11.4 Å². The van der Waals surface area contributed by atoms with Crippen molar-refractivity contribution in [1.82, 2.24) is 5.32 Å². The van der Waals surface area contributed by atoms with Crippen LogP contribution in [0.5, 0.6) is 5.75 Å². The van der Waals surface area contributed by atoms with Gasteiger partial charge in [0.25, 0.3) is 5.91 Å². The van der Waals surface area contributed by atoms with Crippen LogP contribution in [0.2, 0.25) is 0 Å². The Kier molecular flexibility index (Phi) is 6.42. The van der Waals surface area contributed by atoms with Gasteiger partial charge in [-0.1, -0.05) is 36.4 Å². The molecule has 0 bridgehead atoms. The molecular formula is C22H23NO5. The van der Waals surface area contributed by atoms with Crippen molar-refractivity contribution in [3.8, 4) is 5.75 Å². The Hall–Kier alpha value is -3.15. The molecule has 1 amide bonds. The van der Waals surface area contributed by atoms with Crippen molar-refractivity contribution in [2.24, 2.45) is 0 Å². The number of rotatable bonds is 7. The van der Waals surface area contributed by atoms with Gasteiger partial charge in [-0.05, 0) is 49.4 Å². The van der Waals surface area contributed by atoms with Gasteiger partial charge < -0.3 is 14.8 Å². The third-order valence-electron chi connectivity index (χ3n) is 4.75. The Labute approximate surface area is 163 Å². The lowest BCUT2D eigenvalue weighted by molar-refractivity contribution is -0.156. The van der Waals surface area contributed by atoms with Crippen molar-refractivity contribution in [2.75, 3.05) is 6.61 Å². The first-order chi connectivity index (χ1) is 13.6. The van der Waals surface area contributed by atoms with Gasteiger partial charge in [-0.2, -0.15) is 0 Å². The van der Waals surface area contributed by atoms with Gasteiger partial charge in [0.1, 0.15) is 5.75 Å². The molecule has 0 aliphatic heterocycles. The van der Waals surface area contributed by atoms with Gasteiger partial charge in [0, 0.05) is 0 Å². The van der Waals surface area contributed by atoms with Crippen LogP contribution in [0.15, 0.2) is 48.5 Å². The summed E-state index contributed by atoms with van der Waals surface area (Å²) in [5.41, 5.74) is 2.71. The molecule has 0 fully saturated rings. The first-order valence-electron chi connectivity index (χ1n) is 9.33. The molecule has 0 saturated heterocycles. The molecule has 28 heavy (non-hydrogen) atoms. The maximum atomic E-state index is 12.5. The van der Waals surface area contributed by atoms with E-state index >= 15 is 0 Å². The Bertz CT molecular complexity index is 864. The summed E-state index contributed by atoms with van der Waals surface area (Å²) in [4.78, 5) is 35.4. The average Bonchev–Trinajstić information content (AvgIpc) is 2.72. The van der Waals surface area contributed by atoms with E-state index in [1.807, 2.05) is 18.2 Å². The van der Waals surface area contributed by atoms with Crippen LogP contribution in [-0.4, -0.2) is 30.9 Å². The quantitative estimate of drug-likeness (QED) is 0.589. The van der Waals surface area contributed by atoms with Gasteiger partial charge in [-0.25, -0.2) is 4.79 Å². The molecule has 0 heterocycles. The zero-order valence-electron chi connectivity index (χ0n) is 15.7. The molecule has 3 rings (SSSR count). The first kappa shape index (κ1) is 19.6. The number of esters is 1. The summed E-state index contributed by atoms with van der Waals surface area (Å²) in [5, 5.41) is 2.97. The van der Waals surface area contributed by atoms with E-state index in [4.69, 9.17) is 9.47 Å². The standard InChI is InChI=1S/C22H23NO5/c1-15(28-21(25)14-27-20-12-5-3-8-17(20)13-24)22(26)23-19-11-6-9-16-7-2-4-10-18(16)19/h2-5,7-8,10,12-13,15,19H,6,9,11,14H2,1H3,(H,23,26)/t15-,19+/m0/s1. The van der Waals surface area contributed by atoms with Gasteiger partial charge in [-0.15, -0.1) is 0 Å². The highest BCUT2D eigenvalue weighted by Crippen LogP contribution is 2.29. The molecular weight excluding hydrogens is 358 g/mol. The fourth-order valence-corrected chi connectivity index (χ4v) is 3.32. The molecule has 6 heteroatoms. The largest absolute Gasteiger partial charge is 0.481 e. The van der Waals surface area contributed by atoms with E-state index in [-0.39, 0.29) is 18.6 Å². The number of fused-ring (bicyclic) bond motifs is 1. The third-order valence-corrected chi connectivity index (χ3v) is 4.75. The zero-order chi connectivity index (χ0) is 19.9. The van der Waals surface area contributed by atoms with E-state index in [0.29, 0.717) is 17.6 Å². The number of ether oxygens (including phenoxy) is 2. The topological polar surface area (TPSA) is 81.7 Å². The average molecular weight is 381 g/mol. The smallest absolute Gasteiger partial charge is 0.344 e. The molecule has 1 aliphatic carbocycles. The summed E-state index contributed by atoms with van der Waals surface area (Å²) in [6.07, 6.45) is 2.58. The van der Waals surface area contributed by atoms with Crippen molar-refractivity contribution >= 4 is 18.2 Å². The fraction of sp³-hybridized carbons (Fsp3) is 0.318. The number of hydrogen-bond donors (Lipinski definition) is 1. The summed E-state index contributed by atoms with van der Waals surface area (Å²) in [7, 11) is 0. The molecule has 146 valence electrons. The summed E-state index contributed by atoms with van der Waals surface area (Å²) < 4.78 is 10.5. The molecule has 1 N–H and O–H groups in total. The van der Waals surface area contributed by atoms with E-state index in [9.17, 15) is 14.4 Å². The Morgan fingerprint density at radius 3 is 2.75 bits per heavy atom. The predicted octanol–water partition coefficient (Wildman–Crippen LogP) is 3.00. The number of carbonyl (C=O) groups is 3. The lowest BCUT2D eigenvalue weighted by Gasteiger charge is -2.27. The molecule has 0 spiro atoms. The Morgan fingerprint density at radius 2 is 1.93 bits per heavy atom. The SMILES string of the molecule is C[C@H](OC(=O)COc1ccccc1C=O)C(=O)N[C@@H]1CCCc2ccccc21. The number of amides is 1. The van der Waals surface area contributed by atoms with Gasteiger partial charge in [-0.3, -0.25) is 9.59 Å². The van der Waals surface area contributed by atoms with Crippen LogP contribution >= 0.6 is 0 Å². The Balaban J connectivity index is 1.52. The van der Waals surface area contributed by atoms with Crippen molar-refractivity contribution < 1.29 is 23.9 Å². The maximum absolute atomic E-state index is 12.5. The van der Waals surface area contributed by atoms with E-state index in [1.165, 1.54) is 12.5 Å². The molecule has 6 nitrogen and oxygen atoms in total. The zero-order valence-corrected chi connectivity index (χ0v) is 15.7. The van der Waals surface area contributed by atoms with Gasteiger partial charge in [0.05, 0.1) is 11.6 Å². The molecule has 2 aromatic carbocycles. The molecule has 1 aliphatic rings. The van der Waals surface area contributed by atoms with Gasteiger partial charge in [0.2, 0.25) is 0 Å². The van der Waals surface area contributed by atoms with Crippen LogP contribution in [0, 0.1) is 0 Å². The van der Waals surface area contributed by atoms with Crippen LogP contribution in [0.4, 0.5) is 0 Å². The summed E-state index contributed by atoms with van der Waals surface area (Å²) in [6.45, 7) is 1.15. The molecule has 0 radical (unpaired) electrons. The number of nitrogens with one attached hydrogen (secondary N) is 1. The molecule has 2 atom stereocenters. The summed E-state index contributed by atoms with van der Waals surface area (Å²) in [6, 6.07) is 14.6.